The second-order valence-electron chi connectivity index (χ2n) is 3.61. The van der Waals surface area contributed by atoms with E-state index in [1.807, 2.05) is 0 Å². The number of phenols is 2. The smallest absolute Gasteiger partial charge is 0.327 e. The highest BCUT2D eigenvalue weighted by Crippen LogP contribution is 2.38. The summed E-state index contributed by atoms with van der Waals surface area (Å²) in [5.74, 6) is -1.27. The molecule has 0 aliphatic rings. The lowest BCUT2D eigenvalue weighted by atomic mass is 10.3. The second kappa shape index (κ2) is 7.49. The number of hydrogen-bond acceptors (Lipinski definition) is 7. The van der Waals surface area contributed by atoms with Gasteiger partial charge in [-0.05, 0) is 18.2 Å². The van der Waals surface area contributed by atoms with Gasteiger partial charge in [0.2, 0.25) is 0 Å². The first-order chi connectivity index (χ1) is 8.93. The van der Waals surface area contributed by atoms with Gasteiger partial charge in [-0.25, -0.2) is 0 Å². The number of benzene rings is 1. The van der Waals surface area contributed by atoms with Crippen LogP contribution in [0.15, 0.2) is 23.1 Å². The van der Waals surface area contributed by atoms with Gasteiger partial charge in [0.25, 0.3) is 0 Å². The molecule has 0 amide bonds. The molecule has 0 aromatic heterocycles. The monoisotopic (exact) mass is 306 g/mol. The quantitative estimate of drug-likeness (QED) is 0.284. The Morgan fingerprint density at radius 1 is 1.32 bits per heavy atom. The van der Waals surface area contributed by atoms with E-state index in [0.717, 1.165) is 23.5 Å². The Hall–Kier alpha value is -1.09. The lowest BCUT2D eigenvalue weighted by Crippen LogP contribution is -2.20. The van der Waals surface area contributed by atoms with Crippen LogP contribution in [0.25, 0.3) is 0 Å². The Bertz CT molecular complexity index is 439. The maximum absolute atomic E-state index is 11.1. The molecule has 0 radical (unpaired) electrons. The van der Waals surface area contributed by atoms with Crippen molar-refractivity contribution in [2.24, 2.45) is 0 Å². The predicted octanol–water partition coefficient (Wildman–Crippen LogP) is 0.687. The normalized spacial score (nSPS) is 14.0. The maximum Gasteiger partial charge on any atom is 0.327 e. The van der Waals surface area contributed by atoms with Crippen molar-refractivity contribution in [3.8, 4) is 11.5 Å². The lowest BCUT2D eigenvalue weighted by Gasteiger charge is -2.14. The van der Waals surface area contributed by atoms with E-state index in [1.165, 1.54) is 18.2 Å². The summed E-state index contributed by atoms with van der Waals surface area (Å²) in [6, 6.07) is 3.82. The van der Waals surface area contributed by atoms with Crippen LogP contribution in [0.4, 0.5) is 0 Å². The third-order valence-corrected chi connectivity index (χ3v) is 4.80. The molecular formula is C11H14O6S2. The van der Waals surface area contributed by atoms with E-state index in [-0.39, 0.29) is 22.1 Å². The van der Waals surface area contributed by atoms with E-state index in [9.17, 15) is 20.1 Å². The minimum absolute atomic E-state index is 0.0556. The number of carboxylic acid groups (broad SMARTS) is 1. The van der Waals surface area contributed by atoms with Gasteiger partial charge in [-0.3, -0.25) is 4.79 Å². The van der Waals surface area contributed by atoms with E-state index < -0.39 is 23.3 Å². The van der Waals surface area contributed by atoms with Crippen molar-refractivity contribution in [3.05, 3.63) is 18.2 Å². The summed E-state index contributed by atoms with van der Waals surface area (Å²) in [7, 11) is 0. The van der Waals surface area contributed by atoms with Crippen LogP contribution < -0.4 is 0 Å². The molecule has 0 bridgehead atoms. The average molecular weight is 306 g/mol. The number of carbonyl (C=O) groups is 1. The first-order valence-electron chi connectivity index (χ1n) is 5.26. The molecule has 0 fully saturated rings. The molecule has 0 saturated heterocycles. The van der Waals surface area contributed by atoms with Crippen LogP contribution in [0, 0.1) is 0 Å². The third-order valence-electron chi connectivity index (χ3n) is 2.03. The van der Waals surface area contributed by atoms with Crippen LogP contribution in [0.3, 0.4) is 0 Å². The molecule has 1 rings (SSSR count). The SMILES string of the molecule is O=C(O)C(SCC(O)CO)Sc1cc(O)ccc1O. The molecule has 1 aromatic carbocycles. The largest absolute Gasteiger partial charge is 0.508 e. The van der Waals surface area contributed by atoms with Gasteiger partial charge < -0.3 is 25.5 Å². The number of aromatic hydroxyl groups is 2. The summed E-state index contributed by atoms with van der Waals surface area (Å²) in [5, 5.41) is 45.8. The van der Waals surface area contributed by atoms with Crippen molar-refractivity contribution in [2.45, 2.75) is 15.6 Å². The Morgan fingerprint density at radius 2 is 2.00 bits per heavy atom. The number of aliphatic hydroxyl groups is 2. The van der Waals surface area contributed by atoms with Gasteiger partial charge in [0.05, 0.1) is 17.6 Å². The molecule has 2 atom stereocenters. The van der Waals surface area contributed by atoms with Crippen LogP contribution >= 0.6 is 23.5 Å². The Morgan fingerprint density at radius 3 is 2.58 bits per heavy atom. The lowest BCUT2D eigenvalue weighted by molar-refractivity contribution is -0.134. The summed E-state index contributed by atoms with van der Waals surface area (Å²) in [4.78, 5) is 11.3. The number of hydrogen-bond donors (Lipinski definition) is 5. The zero-order chi connectivity index (χ0) is 14.4. The standard InChI is InChI=1S/C11H14O6S2/c12-4-7(14)5-18-11(10(16)17)19-9-3-6(13)1-2-8(9)15/h1-3,7,11-15H,4-5H2,(H,16,17). The zero-order valence-corrected chi connectivity index (χ0v) is 11.4. The van der Waals surface area contributed by atoms with E-state index in [1.54, 1.807) is 0 Å². The van der Waals surface area contributed by atoms with Crippen molar-refractivity contribution in [2.75, 3.05) is 12.4 Å². The van der Waals surface area contributed by atoms with E-state index >= 15 is 0 Å². The molecule has 0 spiro atoms. The van der Waals surface area contributed by atoms with E-state index in [2.05, 4.69) is 0 Å². The molecule has 0 heterocycles. The Labute approximate surface area is 118 Å². The highest BCUT2D eigenvalue weighted by Gasteiger charge is 2.22. The van der Waals surface area contributed by atoms with Crippen LogP contribution in [0.1, 0.15) is 0 Å². The fourth-order valence-corrected chi connectivity index (χ4v) is 3.29. The molecule has 0 aliphatic heterocycles. The van der Waals surface area contributed by atoms with Gasteiger partial charge in [0.1, 0.15) is 11.5 Å². The highest BCUT2D eigenvalue weighted by molar-refractivity contribution is 8.18. The molecule has 5 N–H and O–H groups in total. The zero-order valence-electron chi connectivity index (χ0n) is 9.76. The number of carboxylic acids is 1. The third kappa shape index (κ3) is 5.19. The number of rotatable bonds is 7. The molecule has 2 unspecified atom stereocenters. The van der Waals surface area contributed by atoms with E-state index in [0.29, 0.717) is 0 Å². The predicted molar refractivity (Wildman–Crippen MR) is 72.6 cm³/mol. The molecule has 8 heteroatoms. The van der Waals surface area contributed by atoms with Crippen molar-refractivity contribution < 1.29 is 30.3 Å². The average Bonchev–Trinajstić information content (AvgIpc) is 2.37. The molecule has 1 aromatic rings. The maximum atomic E-state index is 11.1. The van der Waals surface area contributed by atoms with Gasteiger partial charge in [0.15, 0.2) is 4.58 Å². The summed E-state index contributed by atoms with van der Waals surface area (Å²) < 4.78 is -0.964. The summed E-state index contributed by atoms with van der Waals surface area (Å²) in [5.41, 5.74) is 0. The molecule has 0 aliphatic carbocycles. The first-order valence-corrected chi connectivity index (χ1v) is 7.19. The van der Waals surface area contributed by atoms with Gasteiger partial charge >= 0.3 is 5.97 Å². The summed E-state index contributed by atoms with van der Waals surface area (Å²) >= 11 is 1.78. The number of aliphatic hydroxyl groups excluding tert-OH is 2. The van der Waals surface area contributed by atoms with Gasteiger partial charge in [-0.1, -0.05) is 11.8 Å². The van der Waals surface area contributed by atoms with Crippen LogP contribution in [-0.4, -0.2) is 54.5 Å². The molecule has 19 heavy (non-hydrogen) atoms. The van der Waals surface area contributed by atoms with Gasteiger partial charge in [0, 0.05) is 5.75 Å². The highest BCUT2D eigenvalue weighted by atomic mass is 32.2. The fourth-order valence-electron chi connectivity index (χ4n) is 1.12. The van der Waals surface area contributed by atoms with Crippen molar-refractivity contribution in [3.63, 3.8) is 0 Å². The van der Waals surface area contributed by atoms with Crippen molar-refractivity contribution in [1.29, 1.82) is 0 Å². The van der Waals surface area contributed by atoms with Gasteiger partial charge in [-0.2, -0.15) is 0 Å². The summed E-state index contributed by atoms with van der Waals surface area (Å²) in [6.45, 7) is -0.443. The number of aliphatic carboxylic acids is 1. The molecular weight excluding hydrogens is 292 g/mol. The molecule has 0 saturated carbocycles. The topological polar surface area (TPSA) is 118 Å². The van der Waals surface area contributed by atoms with Crippen molar-refractivity contribution in [1.82, 2.24) is 0 Å². The summed E-state index contributed by atoms with van der Waals surface area (Å²) in [6.07, 6.45) is -0.995. The van der Waals surface area contributed by atoms with Gasteiger partial charge in [-0.15, -0.1) is 11.8 Å². The second-order valence-corrected chi connectivity index (χ2v) is 6.19. The van der Waals surface area contributed by atoms with E-state index in [4.69, 9.17) is 10.2 Å². The number of thioether (sulfide) groups is 2. The fraction of sp³-hybridized carbons (Fsp3) is 0.364. The van der Waals surface area contributed by atoms with Crippen LogP contribution in [0.2, 0.25) is 0 Å². The number of phenolic OH excluding ortho intramolecular Hbond substituents is 2. The Kier molecular flexibility index (Phi) is 6.29. The van der Waals surface area contributed by atoms with Crippen molar-refractivity contribution >= 4 is 29.5 Å². The molecule has 106 valence electrons. The minimum atomic E-state index is -1.12. The van der Waals surface area contributed by atoms with Crippen LogP contribution in [-0.2, 0) is 4.79 Å². The Balaban J connectivity index is 2.72. The first kappa shape index (κ1) is 16.0. The minimum Gasteiger partial charge on any atom is -0.508 e. The molecule has 6 nitrogen and oxygen atoms in total. The van der Waals surface area contributed by atoms with Crippen LogP contribution in [0.5, 0.6) is 11.5 Å².